The maximum atomic E-state index is 11.0. The molecule has 0 unspecified atom stereocenters. The molecule has 188 valence electrons. The zero-order chi connectivity index (χ0) is 23.8. The molecule has 2 aliphatic heterocycles. The van der Waals surface area contributed by atoms with Gasteiger partial charge >= 0.3 is 0 Å². The van der Waals surface area contributed by atoms with E-state index in [9.17, 15) is 5.11 Å². The van der Waals surface area contributed by atoms with Crippen LogP contribution in [0, 0.1) is 0 Å². The van der Waals surface area contributed by atoms with Crippen LogP contribution in [0.1, 0.15) is 32.3 Å². The molecular weight excluding hydrogens is 432 g/mol. The molecule has 0 spiro atoms. The van der Waals surface area contributed by atoms with Gasteiger partial charge in [-0.2, -0.15) is 0 Å². The second-order valence-electron chi connectivity index (χ2n) is 9.25. The molecule has 2 aromatic rings. The van der Waals surface area contributed by atoms with Gasteiger partial charge in [0.15, 0.2) is 0 Å². The quantitative estimate of drug-likeness (QED) is 0.506. The Morgan fingerprint density at radius 3 is 2.56 bits per heavy atom. The van der Waals surface area contributed by atoms with E-state index in [4.69, 9.17) is 14.0 Å². The largest absolute Gasteiger partial charge is 0.390 e. The number of anilines is 1. The lowest BCUT2D eigenvalue weighted by Gasteiger charge is -2.32. The third kappa shape index (κ3) is 6.58. The minimum Gasteiger partial charge on any atom is -0.390 e. The molecule has 2 aliphatic rings. The van der Waals surface area contributed by atoms with Crippen LogP contribution in [0.25, 0.3) is 11.3 Å². The Bertz CT molecular complexity index is 846. The second-order valence-corrected chi connectivity index (χ2v) is 9.25. The van der Waals surface area contributed by atoms with Crippen LogP contribution in [0.3, 0.4) is 0 Å². The van der Waals surface area contributed by atoms with E-state index in [1.807, 2.05) is 18.2 Å². The summed E-state index contributed by atoms with van der Waals surface area (Å²) in [5, 5.41) is 15.5. The summed E-state index contributed by atoms with van der Waals surface area (Å²) in [7, 11) is 0. The summed E-state index contributed by atoms with van der Waals surface area (Å²) >= 11 is 0. The zero-order valence-electron chi connectivity index (χ0n) is 20.7. The van der Waals surface area contributed by atoms with Crippen LogP contribution in [-0.4, -0.2) is 97.9 Å². The molecule has 0 bridgehead atoms. The number of β-amino-alcohol motifs (C(OH)–C–C–N with tert-alkyl or cyclic N) is 1. The van der Waals surface area contributed by atoms with Gasteiger partial charge in [0.1, 0.15) is 5.69 Å². The number of aliphatic hydroxyl groups excluding tert-OH is 1. The summed E-state index contributed by atoms with van der Waals surface area (Å²) in [5.74, 6) is 0.823. The lowest BCUT2D eigenvalue weighted by atomic mass is 10.1. The van der Waals surface area contributed by atoms with Crippen molar-refractivity contribution in [2.75, 3.05) is 70.5 Å². The molecule has 0 aliphatic carbocycles. The van der Waals surface area contributed by atoms with Crippen molar-refractivity contribution in [2.45, 2.75) is 45.4 Å². The third-order valence-electron chi connectivity index (χ3n) is 6.77. The molecule has 3 heterocycles. The molecule has 8 nitrogen and oxygen atoms in total. The van der Waals surface area contributed by atoms with E-state index in [1.54, 1.807) is 0 Å². The molecule has 1 aromatic carbocycles. The van der Waals surface area contributed by atoms with Gasteiger partial charge in [0.25, 0.3) is 0 Å². The number of aliphatic hydroxyl groups is 1. The molecule has 0 radical (unpaired) electrons. The highest BCUT2D eigenvalue weighted by Gasteiger charge is 2.27. The SMILES string of the molecule is CCN(CC)c1onc(-c2ccccc2)c1CN(C[C@H](O)CN1CCOCC1)C[C@H]1CCCO1. The fourth-order valence-corrected chi connectivity index (χ4v) is 4.97. The maximum Gasteiger partial charge on any atom is 0.232 e. The van der Waals surface area contributed by atoms with Crippen LogP contribution in [0.2, 0.25) is 0 Å². The highest BCUT2D eigenvalue weighted by atomic mass is 16.5. The second kappa shape index (κ2) is 12.7. The number of morpholine rings is 1. The number of nitrogens with zero attached hydrogens (tertiary/aromatic N) is 4. The van der Waals surface area contributed by atoms with Crippen LogP contribution >= 0.6 is 0 Å². The summed E-state index contributed by atoms with van der Waals surface area (Å²) in [6, 6.07) is 10.2. The number of rotatable bonds is 12. The predicted octanol–water partition coefficient (Wildman–Crippen LogP) is 2.86. The van der Waals surface area contributed by atoms with Crippen molar-refractivity contribution in [1.82, 2.24) is 15.0 Å². The van der Waals surface area contributed by atoms with E-state index >= 15 is 0 Å². The Morgan fingerprint density at radius 2 is 1.88 bits per heavy atom. The smallest absolute Gasteiger partial charge is 0.232 e. The van der Waals surface area contributed by atoms with Gasteiger partial charge in [-0.25, -0.2) is 0 Å². The predicted molar refractivity (Wildman–Crippen MR) is 133 cm³/mol. The summed E-state index contributed by atoms with van der Waals surface area (Å²) in [5.41, 5.74) is 3.00. The fraction of sp³-hybridized carbons (Fsp3) is 0.654. The summed E-state index contributed by atoms with van der Waals surface area (Å²) in [6.45, 7) is 12.7. The van der Waals surface area contributed by atoms with Gasteiger partial charge in [0, 0.05) is 64.5 Å². The molecule has 0 saturated carbocycles. The van der Waals surface area contributed by atoms with Crippen molar-refractivity contribution in [3.8, 4) is 11.3 Å². The first-order valence-corrected chi connectivity index (χ1v) is 12.8. The number of ether oxygens (including phenoxy) is 2. The van der Waals surface area contributed by atoms with Crippen LogP contribution in [0.4, 0.5) is 5.88 Å². The first-order chi connectivity index (χ1) is 16.7. The van der Waals surface area contributed by atoms with Gasteiger partial charge in [0.05, 0.1) is 31.0 Å². The number of hydrogen-bond donors (Lipinski definition) is 1. The van der Waals surface area contributed by atoms with E-state index in [0.29, 0.717) is 19.6 Å². The number of aromatic nitrogens is 1. The van der Waals surface area contributed by atoms with Gasteiger partial charge in [-0.3, -0.25) is 9.80 Å². The van der Waals surface area contributed by atoms with E-state index in [0.717, 1.165) is 88.1 Å². The van der Waals surface area contributed by atoms with Crippen LogP contribution in [0.5, 0.6) is 0 Å². The van der Waals surface area contributed by atoms with Gasteiger partial charge in [-0.15, -0.1) is 0 Å². The Morgan fingerprint density at radius 1 is 1.12 bits per heavy atom. The van der Waals surface area contributed by atoms with Crippen molar-refractivity contribution in [1.29, 1.82) is 0 Å². The van der Waals surface area contributed by atoms with Crippen LogP contribution in [-0.2, 0) is 16.0 Å². The lowest BCUT2D eigenvalue weighted by molar-refractivity contribution is -0.0000923. The molecule has 2 fully saturated rings. The highest BCUT2D eigenvalue weighted by Crippen LogP contribution is 2.33. The molecule has 1 N–H and O–H groups in total. The molecule has 2 saturated heterocycles. The van der Waals surface area contributed by atoms with Crippen molar-refractivity contribution in [3.63, 3.8) is 0 Å². The van der Waals surface area contributed by atoms with E-state index in [1.165, 1.54) is 0 Å². The zero-order valence-corrected chi connectivity index (χ0v) is 20.7. The van der Waals surface area contributed by atoms with Gasteiger partial charge in [0.2, 0.25) is 5.88 Å². The third-order valence-corrected chi connectivity index (χ3v) is 6.77. The van der Waals surface area contributed by atoms with Crippen LogP contribution in [0.15, 0.2) is 34.9 Å². The van der Waals surface area contributed by atoms with Crippen molar-refractivity contribution >= 4 is 5.88 Å². The molecular formula is C26H40N4O4. The summed E-state index contributed by atoms with van der Waals surface area (Å²) in [6.07, 6.45) is 1.92. The Balaban J connectivity index is 1.56. The molecule has 8 heteroatoms. The molecule has 34 heavy (non-hydrogen) atoms. The molecule has 0 amide bonds. The maximum absolute atomic E-state index is 11.0. The standard InChI is InChI=1S/C26H40N4O4/c1-3-30(4-2)26-24(25(27-34-26)21-9-6-5-7-10-21)20-29(19-23-11-8-14-33-23)18-22(31)17-28-12-15-32-16-13-28/h5-7,9-10,22-23,31H,3-4,8,11-20H2,1-2H3/t22-,23-/m1/s1. The van der Waals surface area contributed by atoms with E-state index < -0.39 is 6.10 Å². The Labute approximate surface area is 203 Å². The summed E-state index contributed by atoms with van der Waals surface area (Å²) < 4.78 is 17.4. The van der Waals surface area contributed by atoms with Crippen molar-refractivity contribution < 1.29 is 19.1 Å². The van der Waals surface area contributed by atoms with Gasteiger partial charge in [-0.05, 0) is 26.7 Å². The normalized spacial score (nSPS) is 20.2. The Kier molecular flexibility index (Phi) is 9.35. The first-order valence-electron chi connectivity index (χ1n) is 12.8. The van der Waals surface area contributed by atoms with Gasteiger partial charge < -0.3 is 24.0 Å². The summed E-state index contributed by atoms with van der Waals surface area (Å²) in [4.78, 5) is 6.82. The average Bonchev–Trinajstić information content (AvgIpc) is 3.52. The number of benzene rings is 1. The monoisotopic (exact) mass is 472 g/mol. The fourth-order valence-electron chi connectivity index (χ4n) is 4.97. The average molecular weight is 473 g/mol. The minimum absolute atomic E-state index is 0.201. The highest BCUT2D eigenvalue weighted by molar-refractivity contribution is 5.68. The Hall–Kier alpha value is -1.97. The van der Waals surface area contributed by atoms with E-state index in [2.05, 4.69) is 45.8 Å². The first kappa shape index (κ1) is 25.1. The minimum atomic E-state index is -0.448. The van der Waals surface area contributed by atoms with Gasteiger partial charge in [-0.1, -0.05) is 35.5 Å². The van der Waals surface area contributed by atoms with Crippen LogP contribution < -0.4 is 4.90 Å². The lowest BCUT2D eigenvalue weighted by Crippen LogP contribution is -2.45. The molecule has 1 aromatic heterocycles. The van der Waals surface area contributed by atoms with Crippen molar-refractivity contribution in [2.24, 2.45) is 0 Å². The molecule has 4 rings (SSSR count). The van der Waals surface area contributed by atoms with E-state index in [-0.39, 0.29) is 6.10 Å². The number of hydrogen-bond acceptors (Lipinski definition) is 8. The van der Waals surface area contributed by atoms with Crippen molar-refractivity contribution in [3.05, 3.63) is 35.9 Å². The molecule has 2 atom stereocenters. The topological polar surface area (TPSA) is 74.4 Å².